The van der Waals surface area contributed by atoms with Gasteiger partial charge in [0.25, 0.3) is 0 Å². The molecule has 0 saturated heterocycles. The number of rotatable bonds is 6. The fourth-order valence-corrected chi connectivity index (χ4v) is 1.80. The highest BCUT2D eigenvalue weighted by Crippen LogP contribution is 2.16. The third-order valence-corrected chi connectivity index (χ3v) is 2.79. The molecule has 0 spiro atoms. The van der Waals surface area contributed by atoms with Crippen LogP contribution in [0.25, 0.3) is 11.0 Å². The molecule has 1 aromatic carbocycles. The zero-order chi connectivity index (χ0) is 12.8. The number of unbranched alkanes of at least 4 members (excludes halogenated alkanes) is 3. The summed E-state index contributed by atoms with van der Waals surface area (Å²) >= 11 is 0. The van der Waals surface area contributed by atoms with Gasteiger partial charge >= 0.3 is 0 Å². The molecule has 0 unspecified atom stereocenters. The minimum Gasteiger partial charge on any atom is -0.326 e. The second-order valence-electron chi connectivity index (χ2n) is 4.33. The predicted molar refractivity (Wildman–Crippen MR) is 69.2 cm³/mol. The van der Waals surface area contributed by atoms with Gasteiger partial charge in [0.1, 0.15) is 11.0 Å². The van der Waals surface area contributed by atoms with E-state index in [2.05, 4.69) is 27.2 Å². The van der Waals surface area contributed by atoms with Gasteiger partial charge in [-0.25, -0.2) is 4.63 Å². The maximum absolute atomic E-state index is 11.7. The van der Waals surface area contributed by atoms with Crippen molar-refractivity contribution in [3.8, 4) is 0 Å². The van der Waals surface area contributed by atoms with Gasteiger partial charge in [0.2, 0.25) is 5.91 Å². The summed E-state index contributed by atoms with van der Waals surface area (Å²) in [6.07, 6.45) is 4.97. The monoisotopic (exact) mass is 247 g/mol. The maximum Gasteiger partial charge on any atom is 0.224 e. The first-order valence-corrected chi connectivity index (χ1v) is 6.32. The standard InChI is InChI=1S/C13H17N3O2/c1-2-3-4-5-6-13(17)14-10-7-8-11-12(9-10)16-18-15-11/h7-9H,2-6H2,1H3,(H,14,17). The number of carbonyl (C=O) groups is 1. The van der Waals surface area contributed by atoms with Gasteiger partial charge in [-0.1, -0.05) is 26.2 Å². The third kappa shape index (κ3) is 3.29. The van der Waals surface area contributed by atoms with Crippen LogP contribution in [0.1, 0.15) is 39.0 Å². The lowest BCUT2D eigenvalue weighted by Gasteiger charge is -2.04. The van der Waals surface area contributed by atoms with Crippen LogP contribution in [0.2, 0.25) is 0 Å². The van der Waals surface area contributed by atoms with Crippen molar-refractivity contribution in [2.45, 2.75) is 39.0 Å². The Balaban J connectivity index is 1.86. The molecule has 0 saturated carbocycles. The van der Waals surface area contributed by atoms with Crippen molar-refractivity contribution in [3.63, 3.8) is 0 Å². The molecule has 0 aliphatic rings. The summed E-state index contributed by atoms with van der Waals surface area (Å²) in [7, 11) is 0. The highest BCUT2D eigenvalue weighted by atomic mass is 16.6. The van der Waals surface area contributed by atoms with Crippen LogP contribution >= 0.6 is 0 Å². The average Bonchev–Trinajstić information content (AvgIpc) is 2.82. The van der Waals surface area contributed by atoms with Crippen LogP contribution in [-0.2, 0) is 4.79 Å². The van der Waals surface area contributed by atoms with Gasteiger partial charge in [0.05, 0.1) is 0 Å². The average molecular weight is 247 g/mol. The fraction of sp³-hybridized carbons (Fsp3) is 0.462. The van der Waals surface area contributed by atoms with E-state index in [1.54, 1.807) is 18.2 Å². The van der Waals surface area contributed by atoms with Gasteiger partial charge < -0.3 is 5.32 Å². The molecular formula is C13H17N3O2. The zero-order valence-electron chi connectivity index (χ0n) is 10.5. The number of carbonyl (C=O) groups excluding carboxylic acids is 1. The SMILES string of the molecule is CCCCCCC(=O)Nc1ccc2nonc2c1. The summed E-state index contributed by atoms with van der Waals surface area (Å²) in [5.74, 6) is 0.0434. The van der Waals surface area contributed by atoms with E-state index in [-0.39, 0.29) is 5.91 Å². The van der Waals surface area contributed by atoms with E-state index >= 15 is 0 Å². The van der Waals surface area contributed by atoms with Crippen LogP contribution in [0.4, 0.5) is 5.69 Å². The minimum atomic E-state index is 0.0434. The molecule has 0 radical (unpaired) electrons. The Bertz CT molecular complexity index is 522. The van der Waals surface area contributed by atoms with Crippen molar-refractivity contribution < 1.29 is 9.42 Å². The van der Waals surface area contributed by atoms with Crippen molar-refractivity contribution in [2.75, 3.05) is 5.32 Å². The topological polar surface area (TPSA) is 68.0 Å². The van der Waals surface area contributed by atoms with Crippen LogP contribution in [0.15, 0.2) is 22.8 Å². The lowest BCUT2D eigenvalue weighted by Crippen LogP contribution is -2.10. The normalized spacial score (nSPS) is 10.7. The Kier molecular flexibility index (Phi) is 4.28. The van der Waals surface area contributed by atoms with Crippen molar-refractivity contribution in [3.05, 3.63) is 18.2 Å². The van der Waals surface area contributed by atoms with E-state index in [0.29, 0.717) is 17.5 Å². The molecular weight excluding hydrogens is 230 g/mol. The highest BCUT2D eigenvalue weighted by Gasteiger charge is 2.05. The van der Waals surface area contributed by atoms with Crippen LogP contribution in [0.5, 0.6) is 0 Å². The molecule has 1 N–H and O–H groups in total. The van der Waals surface area contributed by atoms with Crippen LogP contribution in [0.3, 0.4) is 0 Å². The number of nitrogens with zero attached hydrogens (tertiary/aromatic N) is 2. The Morgan fingerprint density at radius 2 is 2.06 bits per heavy atom. The second-order valence-corrected chi connectivity index (χ2v) is 4.33. The van der Waals surface area contributed by atoms with Crippen molar-refractivity contribution in [1.82, 2.24) is 10.3 Å². The number of benzene rings is 1. The summed E-state index contributed by atoms with van der Waals surface area (Å²) in [5.41, 5.74) is 2.08. The largest absolute Gasteiger partial charge is 0.326 e. The molecule has 0 aliphatic heterocycles. The molecule has 0 fully saturated rings. The first-order valence-electron chi connectivity index (χ1n) is 6.32. The molecule has 1 amide bonds. The van der Waals surface area contributed by atoms with E-state index in [1.807, 2.05) is 0 Å². The van der Waals surface area contributed by atoms with Gasteiger partial charge in [0, 0.05) is 12.1 Å². The van der Waals surface area contributed by atoms with Crippen molar-refractivity contribution in [1.29, 1.82) is 0 Å². The molecule has 2 rings (SSSR count). The van der Waals surface area contributed by atoms with Crippen LogP contribution in [0, 0.1) is 0 Å². The summed E-state index contributed by atoms with van der Waals surface area (Å²) < 4.78 is 4.60. The molecule has 1 heterocycles. The maximum atomic E-state index is 11.7. The molecule has 96 valence electrons. The van der Waals surface area contributed by atoms with E-state index in [1.165, 1.54) is 12.8 Å². The summed E-state index contributed by atoms with van der Waals surface area (Å²) in [6, 6.07) is 5.34. The van der Waals surface area contributed by atoms with Crippen LogP contribution < -0.4 is 5.32 Å². The number of aromatic nitrogens is 2. The Hall–Kier alpha value is -1.91. The summed E-state index contributed by atoms with van der Waals surface area (Å²) in [6.45, 7) is 2.15. The first-order chi connectivity index (χ1) is 8.79. The van der Waals surface area contributed by atoms with E-state index in [4.69, 9.17) is 0 Å². The summed E-state index contributed by atoms with van der Waals surface area (Å²) in [4.78, 5) is 11.7. The summed E-state index contributed by atoms with van der Waals surface area (Å²) in [5, 5.41) is 10.3. The van der Waals surface area contributed by atoms with Crippen LogP contribution in [-0.4, -0.2) is 16.2 Å². The molecule has 2 aromatic rings. The smallest absolute Gasteiger partial charge is 0.224 e. The molecule has 0 bridgehead atoms. The van der Waals surface area contributed by atoms with Gasteiger partial charge in [-0.2, -0.15) is 0 Å². The zero-order valence-corrected chi connectivity index (χ0v) is 10.5. The van der Waals surface area contributed by atoms with Gasteiger partial charge in [-0.3, -0.25) is 4.79 Å². The lowest BCUT2D eigenvalue weighted by atomic mass is 10.1. The molecule has 1 aromatic heterocycles. The Morgan fingerprint density at radius 3 is 2.89 bits per heavy atom. The number of hydrogen-bond acceptors (Lipinski definition) is 4. The predicted octanol–water partition coefficient (Wildman–Crippen LogP) is 3.13. The van der Waals surface area contributed by atoms with Gasteiger partial charge in [0.15, 0.2) is 0 Å². The number of fused-ring (bicyclic) bond motifs is 1. The van der Waals surface area contributed by atoms with E-state index in [9.17, 15) is 4.79 Å². The van der Waals surface area contributed by atoms with Gasteiger partial charge in [-0.15, -0.1) is 0 Å². The first kappa shape index (κ1) is 12.5. The number of amides is 1. The highest BCUT2D eigenvalue weighted by molar-refractivity contribution is 5.92. The third-order valence-electron chi connectivity index (χ3n) is 2.79. The lowest BCUT2D eigenvalue weighted by molar-refractivity contribution is -0.116. The second kappa shape index (κ2) is 6.14. The van der Waals surface area contributed by atoms with Crippen molar-refractivity contribution >= 4 is 22.6 Å². The van der Waals surface area contributed by atoms with Gasteiger partial charge in [-0.05, 0) is 34.9 Å². The number of anilines is 1. The van der Waals surface area contributed by atoms with E-state index in [0.717, 1.165) is 18.5 Å². The minimum absolute atomic E-state index is 0.0434. The molecule has 0 aliphatic carbocycles. The molecule has 18 heavy (non-hydrogen) atoms. The Labute approximate surface area is 106 Å². The number of hydrogen-bond donors (Lipinski definition) is 1. The number of nitrogens with one attached hydrogen (secondary N) is 1. The van der Waals surface area contributed by atoms with Crippen molar-refractivity contribution in [2.24, 2.45) is 0 Å². The molecule has 0 atom stereocenters. The fourth-order valence-electron chi connectivity index (χ4n) is 1.80. The molecule has 5 heteroatoms. The van der Waals surface area contributed by atoms with E-state index < -0.39 is 0 Å². The quantitative estimate of drug-likeness (QED) is 0.796. The molecule has 5 nitrogen and oxygen atoms in total. The Morgan fingerprint density at radius 1 is 1.22 bits per heavy atom.